The predicted molar refractivity (Wildman–Crippen MR) is 92.5 cm³/mol. The summed E-state index contributed by atoms with van der Waals surface area (Å²) in [6.45, 7) is 2.54. The van der Waals surface area contributed by atoms with E-state index in [0.717, 1.165) is 15.0 Å². The largest absolute Gasteiger partial charge is 0.306 e. The van der Waals surface area contributed by atoms with Gasteiger partial charge in [0.2, 0.25) is 0 Å². The average Bonchev–Trinajstić information content (AvgIpc) is 3.07. The molecule has 1 amide bonds. The van der Waals surface area contributed by atoms with Crippen LogP contribution in [0.4, 0.5) is 5.82 Å². The van der Waals surface area contributed by atoms with E-state index in [0.29, 0.717) is 17.2 Å². The SMILES string of the molecule is Cc1cc(NC(=O)c2ccc(Br)s2)n(Cc2ccccc2)n1. The fourth-order valence-corrected chi connectivity index (χ4v) is 3.42. The first-order valence-corrected chi connectivity index (χ1v) is 8.38. The topological polar surface area (TPSA) is 46.9 Å². The Balaban J connectivity index is 1.80. The van der Waals surface area contributed by atoms with Crippen molar-refractivity contribution in [3.05, 3.63) is 68.5 Å². The van der Waals surface area contributed by atoms with E-state index >= 15 is 0 Å². The summed E-state index contributed by atoms with van der Waals surface area (Å²) in [5, 5.41) is 7.39. The van der Waals surface area contributed by atoms with Crippen LogP contribution in [0.5, 0.6) is 0 Å². The Morgan fingerprint density at radius 1 is 1.27 bits per heavy atom. The molecule has 22 heavy (non-hydrogen) atoms. The van der Waals surface area contributed by atoms with Gasteiger partial charge < -0.3 is 5.32 Å². The van der Waals surface area contributed by atoms with Gasteiger partial charge in [0.05, 0.1) is 20.9 Å². The van der Waals surface area contributed by atoms with Gasteiger partial charge in [0.25, 0.3) is 5.91 Å². The zero-order valence-electron chi connectivity index (χ0n) is 11.9. The van der Waals surface area contributed by atoms with Crippen LogP contribution in [0.15, 0.2) is 52.3 Å². The number of amides is 1. The minimum atomic E-state index is -0.120. The molecule has 0 fully saturated rings. The number of carbonyl (C=O) groups excluding carboxylic acids is 1. The summed E-state index contributed by atoms with van der Waals surface area (Å²) in [4.78, 5) is 12.9. The van der Waals surface area contributed by atoms with Gasteiger partial charge in [-0.15, -0.1) is 11.3 Å². The predicted octanol–water partition coefficient (Wildman–Crippen LogP) is 4.32. The quantitative estimate of drug-likeness (QED) is 0.737. The molecule has 0 aliphatic heterocycles. The smallest absolute Gasteiger partial charge is 0.266 e. The number of hydrogen-bond donors (Lipinski definition) is 1. The highest BCUT2D eigenvalue weighted by Gasteiger charge is 2.13. The molecule has 0 atom stereocenters. The van der Waals surface area contributed by atoms with E-state index < -0.39 is 0 Å². The molecule has 0 saturated heterocycles. The molecule has 0 unspecified atom stereocenters. The molecule has 0 aliphatic rings. The van der Waals surface area contributed by atoms with Gasteiger partial charge in [-0.1, -0.05) is 30.3 Å². The van der Waals surface area contributed by atoms with Gasteiger partial charge in [-0.25, -0.2) is 4.68 Å². The number of hydrogen-bond acceptors (Lipinski definition) is 3. The number of anilines is 1. The molecule has 0 bridgehead atoms. The summed E-state index contributed by atoms with van der Waals surface area (Å²) >= 11 is 4.78. The maximum Gasteiger partial charge on any atom is 0.266 e. The fourth-order valence-electron chi connectivity index (χ4n) is 2.14. The van der Waals surface area contributed by atoms with E-state index in [1.165, 1.54) is 11.3 Å². The van der Waals surface area contributed by atoms with Crippen molar-refractivity contribution >= 4 is 39.0 Å². The summed E-state index contributed by atoms with van der Waals surface area (Å²) < 4.78 is 2.75. The van der Waals surface area contributed by atoms with E-state index in [1.807, 2.05) is 54.1 Å². The van der Waals surface area contributed by atoms with Gasteiger partial charge in [-0.2, -0.15) is 5.10 Å². The highest BCUT2D eigenvalue weighted by atomic mass is 79.9. The molecule has 6 heteroatoms. The summed E-state index contributed by atoms with van der Waals surface area (Å²) in [5.41, 5.74) is 2.01. The number of halogens is 1. The molecule has 3 aromatic rings. The third-order valence-corrected chi connectivity index (χ3v) is 4.74. The molecule has 3 rings (SSSR count). The second-order valence-corrected chi connectivity index (χ2v) is 7.34. The van der Waals surface area contributed by atoms with Gasteiger partial charge in [0.15, 0.2) is 0 Å². The molecule has 1 N–H and O–H groups in total. The van der Waals surface area contributed by atoms with E-state index in [4.69, 9.17) is 0 Å². The Hall–Kier alpha value is -1.92. The monoisotopic (exact) mass is 375 g/mol. The van der Waals surface area contributed by atoms with E-state index in [2.05, 4.69) is 26.3 Å². The van der Waals surface area contributed by atoms with Crippen molar-refractivity contribution in [2.24, 2.45) is 0 Å². The van der Waals surface area contributed by atoms with Gasteiger partial charge in [0, 0.05) is 6.07 Å². The van der Waals surface area contributed by atoms with Crippen LogP contribution in [-0.4, -0.2) is 15.7 Å². The van der Waals surface area contributed by atoms with Crippen molar-refractivity contribution in [3.63, 3.8) is 0 Å². The van der Waals surface area contributed by atoms with Gasteiger partial charge in [0.1, 0.15) is 5.82 Å². The highest BCUT2D eigenvalue weighted by Crippen LogP contribution is 2.23. The molecular formula is C16H14BrN3OS. The van der Waals surface area contributed by atoms with Gasteiger partial charge in [-0.3, -0.25) is 4.79 Å². The summed E-state index contributed by atoms with van der Waals surface area (Å²) in [6.07, 6.45) is 0. The fraction of sp³-hybridized carbons (Fsp3) is 0.125. The van der Waals surface area contributed by atoms with Crippen molar-refractivity contribution in [2.45, 2.75) is 13.5 Å². The second kappa shape index (κ2) is 6.46. The molecule has 112 valence electrons. The average molecular weight is 376 g/mol. The number of benzene rings is 1. The Morgan fingerprint density at radius 2 is 2.05 bits per heavy atom. The van der Waals surface area contributed by atoms with Crippen LogP contribution in [-0.2, 0) is 6.54 Å². The minimum Gasteiger partial charge on any atom is -0.306 e. The molecule has 0 aliphatic carbocycles. The lowest BCUT2D eigenvalue weighted by Gasteiger charge is -2.08. The van der Waals surface area contributed by atoms with Crippen LogP contribution in [0.1, 0.15) is 20.9 Å². The number of nitrogens with zero attached hydrogens (tertiary/aromatic N) is 2. The first kappa shape index (κ1) is 15.0. The van der Waals surface area contributed by atoms with Crippen LogP contribution in [0, 0.1) is 6.92 Å². The van der Waals surface area contributed by atoms with Gasteiger partial charge in [-0.05, 0) is 40.5 Å². The Bertz CT molecular complexity index is 795. The zero-order chi connectivity index (χ0) is 15.5. The normalized spacial score (nSPS) is 10.6. The molecule has 4 nitrogen and oxygen atoms in total. The molecule has 0 radical (unpaired) electrons. The number of rotatable bonds is 4. The second-order valence-electron chi connectivity index (χ2n) is 4.87. The number of carbonyl (C=O) groups is 1. The van der Waals surface area contributed by atoms with Crippen molar-refractivity contribution in [1.82, 2.24) is 9.78 Å². The molecule has 0 saturated carbocycles. The third-order valence-electron chi connectivity index (χ3n) is 3.12. The van der Waals surface area contributed by atoms with Crippen LogP contribution >= 0.6 is 27.3 Å². The lowest BCUT2D eigenvalue weighted by molar-refractivity contribution is 0.102. The van der Waals surface area contributed by atoms with Crippen LogP contribution < -0.4 is 5.32 Å². The standard InChI is InChI=1S/C16H14BrN3OS/c1-11-9-15(18-16(21)13-7-8-14(17)22-13)20(19-11)10-12-5-3-2-4-6-12/h2-9H,10H2,1H3,(H,18,21). The van der Waals surface area contributed by atoms with Crippen LogP contribution in [0.25, 0.3) is 0 Å². The maximum absolute atomic E-state index is 12.3. The van der Waals surface area contributed by atoms with Crippen molar-refractivity contribution in [1.29, 1.82) is 0 Å². The first-order valence-electron chi connectivity index (χ1n) is 6.77. The highest BCUT2D eigenvalue weighted by molar-refractivity contribution is 9.11. The van der Waals surface area contributed by atoms with Crippen molar-refractivity contribution < 1.29 is 4.79 Å². The van der Waals surface area contributed by atoms with E-state index in [1.54, 1.807) is 6.07 Å². The minimum absolute atomic E-state index is 0.120. The Morgan fingerprint density at radius 3 is 2.73 bits per heavy atom. The number of thiophene rings is 1. The zero-order valence-corrected chi connectivity index (χ0v) is 14.3. The molecular weight excluding hydrogens is 362 g/mol. The Kier molecular flexibility index (Phi) is 4.40. The summed E-state index contributed by atoms with van der Waals surface area (Å²) in [7, 11) is 0. The lowest BCUT2D eigenvalue weighted by Crippen LogP contribution is -2.15. The van der Waals surface area contributed by atoms with Crippen LogP contribution in [0.3, 0.4) is 0 Å². The van der Waals surface area contributed by atoms with E-state index in [9.17, 15) is 4.79 Å². The van der Waals surface area contributed by atoms with Gasteiger partial charge >= 0.3 is 0 Å². The summed E-state index contributed by atoms with van der Waals surface area (Å²) in [5.74, 6) is 0.584. The third kappa shape index (κ3) is 3.45. The number of nitrogens with one attached hydrogen (secondary N) is 1. The summed E-state index contributed by atoms with van der Waals surface area (Å²) in [6, 6.07) is 15.6. The molecule has 0 spiro atoms. The lowest BCUT2D eigenvalue weighted by atomic mass is 10.2. The van der Waals surface area contributed by atoms with E-state index in [-0.39, 0.29) is 5.91 Å². The maximum atomic E-state index is 12.3. The van der Waals surface area contributed by atoms with Crippen molar-refractivity contribution in [3.8, 4) is 0 Å². The Labute approximate surface area is 140 Å². The molecule has 1 aromatic carbocycles. The molecule has 2 heterocycles. The first-order chi connectivity index (χ1) is 10.6. The number of aryl methyl sites for hydroxylation is 1. The van der Waals surface area contributed by atoms with Crippen molar-refractivity contribution in [2.75, 3.05) is 5.32 Å². The molecule has 2 aromatic heterocycles. The van der Waals surface area contributed by atoms with Crippen LogP contribution in [0.2, 0.25) is 0 Å². The number of aromatic nitrogens is 2.